The van der Waals surface area contributed by atoms with Crippen LogP contribution < -0.4 is 10.1 Å². The van der Waals surface area contributed by atoms with Gasteiger partial charge in [-0.1, -0.05) is 39.8 Å². The quantitative estimate of drug-likeness (QED) is 0.749. The van der Waals surface area contributed by atoms with Gasteiger partial charge in [-0.15, -0.1) is 0 Å². The fourth-order valence-corrected chi connectivity index (χ4v) is 2.69. The molecule has 1 atom stereocenters. The minimum absolute atomic E-state index is 0.0196. The van der Waals surface area contributed by atoms with E-state index in [9.17, 15) is 14.3 Å². The average Bonchev–Trinajstić information content (AvgIpc) is 3.07. The van der Waals surface area contributed by atoms with Crippen molar-refractivity contribution in [1.29, 1.82) is 0 Å². The van der Waals surface area contributed by atoms with Crippen LogP contribution in [-0.4, -0.2) is 23.7 Å². The van der Waals surface area contributed by atoms with Crippen molar-refractivity contribution in [3.8, 4) is 5.75 Å². The van der Waals surface area contributed by atoms with Crippen molar-refractivity contribution in [2.45, 2.75) is 40.4 Å². The number of aliphatic hydroxyl groups excluding tert-OH is 1. The molecule has 0 aliphatic carbocycles. The van der Waals surface area contributed by atoms with Crippen LogP contribution in [0.25, 0.3) is 0 Å². The lowest BCUT2D eigenvalue weighted by Crippen LogP contribution is -2.43. The third-order valence-electron chi connectivity index (χ3n) is 4.23. The highest BCUT2D eigenvalue weighted by Gasteiger charge is 2.30. The van der Waals surface area contributed by atoms with Gasteiger partial charge in [-0.2, -0.15) is 0 Å². The molecule has 1 amide bonds. The molecule has 0 bridgehead atoms. The monoisotopic (exact) mass is 363 g/mol. The first-order valence-corrected chi connectivity index (χ1v) is 8.63. The molecular formula is C20H26FNO4. The molecule has 1 heterocycles. The first-order chi connectivity index (χ1) is 12.2. The molecule has 0 aliphatic rings. The molecule has 142 valence electrons. The van der Waals surface area contributed by atoms with E-state index in [1.54, 1.807) is 24.3 Å². The Morgan fingerprint density at radius 2 is 1.96 bits per heavy atom. The molecule has 0 saturated heterocycles. The van der Waals surface area contributed by atoms with Gasteiger partial charge in [0.15, 0.2) is 17.3 Å². The molecule has 0 fully saturated rings. The SMILES string of the molecule is CC(C)C(O)C(C)(C)CNC(=O)c1ccc(COc2ccccc2F)o1. The van der Waals surface area contributed by atoms with Crippen LogP contribution >= 0.6 is 0 Å². The maximum Gasteiger partial charge on any atom is 0.287 e. The normalized spacial score (nSPS) is 12.9. The van der Waals surface area contributed by atoms with Crippen LogP contribution in [0.2, 0.25) is 0 Å². The molecule has 1 unspecified atom stereocenters. The summed E-state index contributed by atoms with van der Waals surface area (Å²) >= 11 is 0. The van der Waals surface area contributed by atoms with Gasteiger partial charge in [-0.05, 0) is 30.2 Å². The zero-order valence-electron chi connectivity index (χ0n) is 15.6. The fraction of sp³-hybridized carbons (Fsp3) is 0.450. The van der Waals surface area contributed by atoms with E-state index in [0.717, 1.165) is 0 Å². The van der Waals surface area contributed by atoms with Gasteiger partial charge in [0.1, 0.15) is 12.4 Å². The van der Waals surface area contributed by atoms with Crippen LogP contribution in [0, 0.1) is 17.2 Å². The number of aliphatic hydroxyl groups is 1. The summed E-state index contributed by atoms with van der Waals surface area (Å²) in [4.78, 5) is 12.2. The van der Waals surface area contributed by atoms with Gasteiger partial charge in [-0.25, -0.2) is 4.39 Å². The second-order valence-electron chi connectivity index (χ2n) is 7.35. The molecule has 0 spiro atoms. The Labute approximate surface area is 153 Å². The molecule has 2 N–H and O–H groups in total. The van der Waals surface area contributed by atoms with E-state index in [-0.39, 0.29) is 29.9 Å². The van der Waals surface area contributed by atoms with Crippen LogP contribution in [0.3, 0.4) is 0 Å². The summed E-state index contributed by atoms with van der Waals surface area (Å²) in [6.45, 7) is 7.99. The number of carbonyl (C=O) groups is 1. The Hall–Kier alpha value is -2.34. The van der Waals surface area contributed by atoms with Crippen LogP contribution in [0.4, 0.5) is 4.39 Å². The molecule has 26 heavy (non-hydrogen) atoms. The topological polar surface area (TPSA) is 71.7 Å². The van der Waals surface area contributed by atoms with Gasteiger partial charge < -0.3 is 19.6 Å². The van der Waals surface area contributed by atoms with Crippen molar-refractivity contribution in [2.24, 2.45) is 11.3 Å². The predicted molar refractivity (Wildman–Crippen MR) is 96.4 cm³/mol. The number of furan rings is 1. The van der Waals surface area contributed by atoms with Gasteiger partial charge in [-0.3, -0.25) is 4.79 Å². The number of carbonyl (C=O) groups excluding carboxylic acids is 1. The molecule has 0 aliphatic heterocycles. The molecule has 1 aromatic heterocycles. The van der Waals surface area contributed by atoms with Gasteiger partial charge in [0, 0.05) is 12.0 Å². The van der Waals surface area contributed by atoms with E-state index < -0.39 is 17.3 Å². The second-order valence-corrected chi connectivity index (χ2v) is 7.35. The Morgan fingerprint density at radius 1 is 1.27 bits per heavy atom. The van der Waals surface area contributed by atoms with E-state index >= 15 is 0 Å². The highest BCUT2D eigenvalue weighted by Crippen LogP contribution is 2.25. The third kappa shape index (κ3) is 5.08. The average molecular weight is 363 g/mol. The highest BCUT2D eigenvalue weighted by atomic mass is 19.1. The molecule has 1 aromatic carbocycles. The van der Waals surface area contributed by atoms with E-state index in [0.29, 0.717) is 12.3 Å². The summed E-state index contributed by atoms with van der Waals surface area (Å²) in [5.74, 6) is -0.0482. The molecule has 5 nitrogen and oxygen atoms in total. The smallest absolute Gasteiger partial charge is 0.287 e. The van der Waals surface area contributed by atoms with Crippen molar-refractivity contribution in [3.05, 3.63) is 53.7 Å². The summed E-state index contributed by atoms with van der Waals surface area (Å²) in [5, 5.41) is 13.0. The minimum atomic E-state index is -0.538. The van der Waals surface area contributed by atoms with E-state index in [1.165, 1.54) is 12.1 Å². The Morgan fingerprint density at radius 3 is 2.62 bits per heavy atom. The van der Waals surface area contributed by atoms with E-state index in [4.69, 9.17) is 9.15 Å². The van der Waals surface area contributed by atoms with Crippen LogP contribution in [-0.2, 0) is 6.61 Å². The van der Waals surface area contributed by atoms with E-state index in [1.807, 2.05) is 27.7 Å². The lowest BCUT2D eigenvalue weighted by atomic mass is 9.80. The largest absolute Gasteiger partial charge is 0.483 e. The minimum Gasteiger partial charge on any atom is -0.483 e. The lowest BCUT2D eigenvalue weighted by molar-refractivity contribution is 0.0136. The highest BCUT2D eigenvalue weighted by molar-refractivity contribution is 5.91. The number of amides is 1. The van der Waals surface area contributed by atoms with Crippen molar-refractivity contribution in [1.82, 2.24) is 5.32 Å². The first-order valence-electron chi connectivity index (χ1n) is 8.63. The molecule has 0 saturated carbocycles. The molecule has 2 rings (SSSR count). The molecule has 0 radical (unpaired) electrons. The van der Waals surface area contributed by atoms with Gasteiger partial charge in [0.25, 0.3) is 5.91 Å². The summed E-state index contributed by atoms with van der Waals surface area (Å²) in [6, 6.07) is 9.24. The number of rotatable bonds is 8. The van der Waals surface area contributed by atoms with Crippen molar-refractivity contribution in [2.75, 3.05) is 6.54 Å². The predicted octanol–water partition coefficient (Wildman–Crippen LogP) is 3.77. The molecular weight excluding hydrogens is 337 g/mol. The van der Waals surface area contributed by atoms with Gasteiger partial charge in [0.05, 0.1) is 6.10 Å². The number of halogens is 1. The number of benzene rings is 1. The number of nitrogens with one attached hydrogen (secondary N) is 1. The van der Waals surface area contributed by atoms with Gasteiger partial charge >= 0.3 is 0 Å². The standard InChI is InChI=1S/C20H26FNO4/c1-13(2)18(23)20(3,4)12-22-19(24)17-10-9-14(26-17)11-25-16-8-6-5-7-15(16)21/h5-10,13,18,23H,11-12H2,1-4H3,(H,22,24). The van der Waals surface area contributed by atoms with Gasteiger partial charge in [0.2, 0.25) is 0 Å². The Balaban J connectivity index is 1.90. The summed E-state index contributed by atoms with van der Waals surface area (Å²) in [5.41, 5.74) is -0.465. The van der Waals surface area contributed by atoms with Crippen LogP contribution in [0.5, 0.6) is 5.75 Å². The second kappa shape index (κ2) is 8.36. The third-order valence-corrected chi connectivity index (χ3v) is 4.23. The van der Waals surface area contributed by atoms with Crippen molar-refractivity contribution >= 4 is 5.91 Å². The number of ether oxygens (including phenoxy) is 1. The Kier molecular flexibility index (Phi) is 6.42. The van der Waals surface area contributed by atoms with Crippen molar-refractivity contribution < 1.29 is 23.4 Å². The fourth-order valence-electron chi connectivity index (χ4n) is 2.69. The molecule has 6 heteroatoms. The zero-order chi connectivity index (χ0) is 19.3. The summed E-state index contributed by atoms with van der Waals surface area (Å²) in [7, 11) is 0. The number of para-hydroxylation sites is 1. The summed E-state index contributed by atoms with van der Waals surface area (Å²) < 4.78 is 24.3. The van der Waals surface area contributed by atoms with Crippen LogP contribution in [0.15, 0.2) is 40.8 Å². The van der Waals surface area contributed by atoms with Crippen LogP contribution in [0.1, 0.15) is 44.0 Å². The first kappa shape index (κ1) is 20.0. The van der Waals surface area contributed by atoms with E-state index in [2.05, 4.69) is 5.32 Å². The summed E-state index contributed by atoms with van der Waals surface area (Å²) in [6.07, 6.45) is -0.538. The Bertz CT molecular complexity index is 739. The lowest BCUT2D eigenvalue weighted by Gasteiger charge is -2.33. The zero-order valence-corrected chi connectivity index (χ0v) is 15.6. The maximum absolute atomic E-state index is 13.5. The van der Waals surface area contributed by atoms with Crippen molar-refractivity contribution in [3.63, 3.8) is 0 Å². The number of hydrogen-bond donors (Lipinski definition) is 2. The maximum atomic E-state index is 13.5. The molecule has 2 aromatic rings. The number of hydrogen-bond acceptors (Lipinski definition) is 4.